The Bertz CT molecular complexity index is 614. The fraction of sp³-hybridized carbons (Fsp3) is 0.0556. The Balaban J connectivity index is 0.00000161. The van der Waals surface area contributed by atoms with Gasteiger partial charge in [-0.25, -0.2) is 4.57 Å². The minimum absolute atomic E-state index is 0. The number of pyridine rings is 1. The third-order valence-corrected chi connectivity index (χ3v) is 3.02. The van der Waals surface area contributed by atoms with Gasteiger partial charge in [-0.2, -0.15) is 0 Å². The second-order valence-electron chi connectivity index (χ2n) is 4.61. The summed E-state index contributed by atoms with van der Waals surface area (Å²) >= 11 is 0. The Morgan fingerprint density at radius 2 is 1.38 bits per heavy atom. The lowest BCUT2D eigenvalue weighted by Crippen LogP contribution is -3.00. The van der Waals surface area contributed by atoms with Crippen LogP contribution in [-0.2, 0) is 6.54 Å². The van der Waals surface area contributed by atoms with Gasteiger partial charge >= 0.3 is 0 Å². The van der Waals surface area contributed by atoms with Crippen molar-refractivity contribution in [1.82, 2.24) is 0 Å². The van der Waals surface area contributed by atoms with Crippen LogP contribution in [0.5, 0.6) is 11.5 Å². The third kappa shape index (κ3) is 4.33. The Morgan fingerprint density at radius 1 is 0.714 bits per heavy atom. The van der Waals surface area contributed by atoms with Gasteiger partial charge in [-0.3, -0.25) is 0 Å². The molecule has 0 N–H and O–H groups in total. The molecular weight excluding hydrogens is 282 g/mol. The summed E-state index contributed by atoms with van der Waals surface area (Å²) in [5, 5.41) is 0. The monoisotopic (exact) mass is 297 g/mol. The van der Waals surface area contributed by atoms with E-state index in [1.165, 1.54) is 5.56 Å². The van der Waals surface area contributed by atoms with Gasteiger partial charge in [0.2, 0.25) is 0 Å². The van der Waals surface area contributed by atoms with Crippen LogP contribution in [0.1, 0.15) is 5.56 Å². The first-order chi connectivity index (χ1) is 9.90. The zero-order valence-corrected chi connectivity index (χ0v) is 12.3. The Hall–Kier alpha value is -2.32. The number of hydrogen-bond acceptors (Lipinski definition) is 1. The van der Waals surface area contributed by atoms with E-state index in [1.807, 2.05) is 60.7 Å². The molecule has 0 spiro atoms. The molecule has 0 saturated heterocycles. The van der Waals surface area contributed by atoms with Gasteiger partial charge in [-0.15, -0.1) is 0 Å². The van der Waals surface area contributed by atoms with Crippen molar-refractivity contribution in [2.75, 3.05) is 0 Å². The average Bonchev–Trinajstić information content (AvgIpc) is 2.50. The van der Waals surface area contributed by atoms with Gasteiger partial charge in [-0.1, -0.05) is 36.4 Å². The number of nitrogens with zero attached hydrogens (tertiary/aromatic N) is 1. The van der Waals surface area contributed by atoms with Crippen LogP contribution in [0, 0.1) is 0 Å². The number of aromatic nitrogens is 1. The van der Waals surface area contributed by atoms with Gasteiger partial charge in [0.25, 0.3) is 0 Å². The van der Waals surface area contributed by atoms with Crippen LogP contribution >= 0.6 is 0 Å². The highest BCUT2D eigenvalue weighted by atomic mass is 35.5. The summed E-state index contributed by atoms with van der Waals surface area (Å²) < 4.78 is 7.99. The van der Waals surface area contributed by atoms with Gasteiger partial charge in [0.15, 0.2) is 18.9 Å². The number of halogens is 1. The van der Waals surface area contributed by atoms with Gasteiger partial charge in [0.1, 0.15) is 11.5 Å². The zero-order valence-electron chi connectivity index (χ0n) is 11.5. The molecule has 0 atom stereocenters. The van der Waals surface area contributed by atoms with E-state index in [1.54, 1.807) is 0 Å². The van der Waals surface area contributed by atoms with E-state index in [0.717, 1.165) is 18.0 Å². The number of hydrogen-bond donors (Lipinski definition) is 0. The number of rotatable bonds is 4. The quantitative estimate of drug-likeness (QED) is 0.650. The molecule has 0 radical (unpaired) electrons. The molecule has 2 nitrogen and oxygen atoms in total. The van der Waals surface area contributed by atoms with E-state index < -0.39 is 0 Å². The molecule has 106 valence electrons. The van der Waals surface area contributed by atoms with Gasteiger partial charge < -0.3 is 17.1 Å². The topological polar surface area (TPSA) is 13.1 Å². The molecule has 21 heavy (non-hydrogen) atoms. The molecule has 1 heterocycles. The Kier molecular flexibility index (Phi) is 5.35. The minimum atomic E-state index is 0. The SMILES string of the molecule is [Cl-].c1ccc(Oc2cccc(C[n+]3ccccc3)c2)cc1. The van der Waals surface area contributed by atoms with Crippen molar-refractivity contribution in [3.63, 3.8) is 0 Å². The molecule has 0 saturated carbocycles. The van der Waals surface area contributed by atoms with E-state index >= 15 is 0 Å². The predicted molar refractivity (Wildman–Crippen MR) is 78.7 cm³/mol. The Labute approximate surface area is 131 Å². The van der Waals surface area contributed by atoms with Crippen molar-refractivity contribution >= 4 is 0 Å². The summed E-state index contributed by atoms with van der Waals surface area (Å²) in [5.41, 5.74) is 1.22. The summed E-state index contributed by atoms with van der Waals surface area (Å²) in [7, 11) is 0. The molecule has 0 aliphatic rings. The molecule has 3 rings (SSSR count). The average molecular weight is 298 g/mol. The molecular formula is C18H16ClNO. The van der Waals surface area contributed by atoms with Crippen LogP contribution < -0.4 is 21.7 Å². The van der Waals surface area contributed by atoms with Crippen molar-refractivity contribution < 1.29 is 21.7 Å². The lowest BCUT2D eigenvalue weighted by Gasteiger charge is -2.06. The van der Waals surface area contributed by atoms with Crippen molar-refractivity contribution in [3.05, 3.63) is 90.8 Å². The Morgan fingerprint density at radius 3 is 2.14 bits per heavy atom. The summed E-state index contributed by atoms with van der Waals surface area (Å²) in [6.07, 6.45) is 4.12. The fourth-order valence-corrected chi connectivity index (χ4v) is 2.08. The zero-order chi connectivity index (χ0) is 13.6. The van der Waals surface area contributed by atoms with Crippen molar-refractivity contribution in [1.29, 1.82) is 0 Å². The molecule has 0 bridgehead atoms. The molecule has 2 aromatic carbocycles. The summed E-state index contributed by atoms with van der Waals surface area (Å²) in [6, 6.07) is 24.1. The van der Waals surface area contributed by atoms with Gasteiger partial charge in [-0.05, 0) is 24.3 Å². The van der Waals surface area contributed by atoms with Gasteiger partial charge in [0.05, 0.1) is 0 Å². The molecule has 0 unspecified atom stereocenters. The normalized spacial score (nSPS) is 9.71. The molecule has 0 amide bonds. The largest absolute Gasteiger partial charge is 1.00 e. The number of ether oxygens (including phenoxy) is 1. The summed E-state index contributed by atoms with van der Waals surface area (Å²) in [6.45, 7) is 0.840. The van der Waals surface area contributed by atoms with Crippen molar-refractivity contribution in [2.45, 2.75) is 6.54 Å². The fourth-order valence-electron chi connectivity index (χ4n) is 2.08. The maximum atomic E-state index is 5.85. The van der Waals surface area contributed by atoms with Crippen LogP contribution in [-0.4, -0.2) is 0 Å². The van der Waals surface area contributed by atoms with E-state index in [4.69, 9.17) is 4.74 Å². The molecule has 3 aromatic rings. The first-order valence-electron chi connectivity index (χ1n) is 6.66. The maximum Gasteiger partial charge on any atom is 0.173 e. The molecule has 0 aliphatic heterocycles. The van der Waals surface area contributed by atoms with Crippen LogP contribution in [0.2, 0.25) is 0 Å². The van der Waals surface area contributed by atoms with Crippen LogP contribution in [0.3, 0.4) is 0 Å². The smallest absolute Gasteiger partial charge is 0.173 e. The van der Waals surface area contributed by atoms with Crippen LogP contribution in [0.4, 0.5) is 0 Å². The predicted octanol–water partition coefficient (Wildman–Crippen LogP) is 0.819. The van der Waals surface area contributed by atoms with E-state index in [-0.39, 0.29) is 12.4 Å². The lowest BCUT2D eigenvalue weighted by molar-refractivity contribution is -0.688. The highest BCUT2D eigenvalue weighted by Gasteiger charge is 2.03. The minimum Gasteiger partial charge on any atom is -1.00 e. The van der Waals surface area contributed by atoms with Crippen LogP contribution in [0.15, 0.2) is 85.2 Å². The second-order valence-corrected chi connectivity index (χ2v) is 4.61. The summed E-state index contributed by atoms with van der Waals surface area (Å²) in [5.74, 6) is 1.72. The molecule has 0 aliphatic carbocycles. The van der Waals surface area contributed by atoms with E-state index in [2.05, 4.69) is 29.1 Å². The maximum absolute atomic E-state index is 5.85. The van der Waals surface area contributed by atoms with Gasteiger partial charge in [0, 0.05) is 17.7 Å². The second kappa shape index (κ2) is 7.46. The highest BCUT2D eigenvalue weighted by molar-refractivity contribution is 5.33. The lowest BCUT2D eigenvalue weighted by atomic mass is 10.2. The number of para-hydroxylation sites is 1. The highest BCUT2D eigenvalue weighted by Crippen LogP contribution is 2.21. The van der Waals surface area contributed by atoms with Crippen molar-refractivity contribution in [2.24, 2.45) is 0 Å². The molecule has 0 fully saturated rings. The molecule has 3 heteroatoms. The van der Waals surface area contributed by atoms with Crippen LogP contribution in [0.25, 0.3) is 0 Å². The first-order valence-corrected chi connectivity index (χ1v) is 6.66. The third-order valence-electron chi connectivity index (χ3n) is 3.02. The molecule has 1 aromatic heterocycles. The van der Waals surface area contributed by atoms with E-state index in [9.17, 15) is 0 Å². The standard InChI is InChI=1S/C18H16NO.ClH/c1-3-9-17(10-4-1)20-18-11-7-8-16(14-18)15-19-12-5-2-6-13-19;/h1-14H,15H2;1H/q+1;/p-1. The van der Waals surface area contributed by atoms with Crippen molar-refractivity contribution in [3.8, 4) is 11.5 Å². The summed E-state index contributed by atoms with van der Waals surface area (Å²) in [4.78, 5) is 0. The first kappa shape index (κ1) is 15.1. The van der Waals surface area contributed by atoms with E-state index in [0.29, 0.717) is 0 Å². The number of benzene rings is 2.